The van der Waals surface area contributed by atoms with Gasteiger partial charge in [0.05, 0.1) is 28.0 Å². The number of piperidine rings is 1. The highest BCUT2D eigenvalue weighted by atomic mass is 35.5. The van der Waals surface area contributed by atoms with E-state index in [4.69, 9.17) is 16.0 Å². The summed E-state index contributed by atoms with van der Waals surface area (Å²) >= 11 is 6.43. The maximum absolute atomic E-state index is 12.1. The topological polar surface area (TPSA) is 58.4 Å². The number of hydrogen-bond acceptors (Lipinski definition) is 4. The van der Waals surface area contributed by atoms with Crippen LogP contribution in [0.1, 0.15) is 19.3 Å². The first-order valence-electron chi connectivity index (χ1n) is 7.90. The van der Waals surface area contributed by atoms with Gasteiger partial charge in [-0.05, 0) is 31.4 Å². The van der Waals surface area contributed by atoms with Gasteiger partial charge in [-0.3, -0.25) is 9.78 Å². The minimum absolute atomic E-state index is 0.180. The smallest absolute Gasteiger partial charge is 0.226 e. The number of pyridine rings is 1. The van der Waals surface area contributed by atoms with E-state index in [1.54, 1.807) is 18.7 Å². The van der Waals surface area contributed by atoms with Crippen LogP contribution in [0.5, 0.6) is 0 Å². The highest BCUT2D eigenvalue weighted by molar-refractivity contribution is 6.33. The summed E-state index contributed by atoms with van der Waals surface area (Å²) in [6.07, 6.45) is 7.75. The number of carbonyl (C=O) groups excluding carboxylic acids is 1. The van der Waals surface area contributed by atoms with Crippen molar-refractivity contribution in [1.29, 1.82) is 0 Å². The van der Waals surface area contributed by atoms with Crippen molar-refractivity contribution in [2.24, 2.45) is 5.41 Å². The van der Waals surface area contributed by atoms with Gasteiger partial charge in [0.1, 0.15) is 5.76 Å². The van der Waals surface area contributed by atoms with Crippen molar-refractivity contribution in [3.8, 4) is 11.3 Å². The minimum atomic E-state index is -0.180. The van der Waals surface area contributed by atoms with E-state index in [2.05, 4.69) is 15.2 Å². The van der Waals surface area contributed by atoms with Gasteiger partial charge < -0.3 is 14.6 Å². The summed E-state index contributed by atoms with van der Waals surface area (Å²) < 4.78 is 5.53. The number of rotatable bonds is 2. The summed E-state index contributed by atoms with van der Waals surface area (Å²) in [5, 5.41) is 3.59. The van der Waals surface area contributed by atoms with E-state index in [1.807, 2.05) is 12.1 Å². The van der Waals surface area contributed by atoms with E-state index in [9.17, 15) is 4.79 Å². The zero-order valence-corrected chi connectivity index (χ0v) is 13.5. The molecule has 0 atom stereocenters. The van der Waals surface area contributed by atoms with Crippen LogP contribution in [-0.4, -0.2) is 30.5 Å². The minimum Gasteiger partial charge on any atom is -0.464 e. The molecule has 1 spiro atoms. The summed E-state index contributed by atoms with van der Waals surface area (Å²) in [5.41, 5.74) is 1.67. The third-order valence-corrected chi connectivity index (χ3v) is 5.34. The van der Waals surface area contributed by atoms with Crippen LogP contribution in [-0.2, 0) is 4.79 Å². The number of nitrogens with zero attached hydrogens (tertiary/aromatic N) is 2. The molecule has 0 bridgehead atoms. The van der Waals surface area contributed by atoms with Gasteiger partial charge in [0.15, 0.2) is 0 Å². The molecule has 2 aromatic rings. The fourth-order valence-corrected chi connectivity index (χ4v) is 3.99. The Labute approximate surface area is 139 Å². The van der Waals surface area contributed by atoms with Crippen molar-refractivity contribution in [3.63, 3.8) is 0 Å². The maximum Gasteiger partial charge on any atom is 0.226 e. The molecule has 0 aliphatic carbocycles. The first-order valence-corrected chi connectivity index (χ1v) is 8.28. The van der Waals surface area contributed by atoms with Crippen LogP contribution >= 0.6 is 11.6 Å². The van der Waals surface area contributed by atoms with E-state index < -0.39 is 0 Å². The second-order valence-electron chi connectivity index (χ2n) is 6.27. The lowest BCUT2D eigenvalue weighted by atomic mass is 9.77. The number of amides is 1. The Morgan fingerprint density at radius 1 is 1.26 bits per heavy atom. The van der Waals surface area contributed by atoms with Gasteiger partial charge in [0, 0.05) is 32.0 Å². The van der Waals surface area contributed by atoms with E-state index in [0.717, 1.165) is 55.9 Å². The van der Waals surface area contributed by atoms with Crippen molar-refractivity contribution in [1.82, 2.24) is 10.3 Å². The molecule has 0 unspecified atom stereocenters. The zero-order chi connectivity index (χ0) is 15.9. The Balaban J connectivity index is 1.64. The van der Waals surface area contributed by atoms with Crippen molar-refractivity contribution >= 4 is 23.2 Å². The Bertz CT molecular complexity index is 721. The molecule has 2 aliphatic heterocycles. The molecule has 2 aromatic heterocycles. The van der Waals surface area contributed by atoms with Gasteiger partial charge in [0.2, 0.25) is 5.91 Å². The number of halogens is 1. The molecule has 4 rings (SSSR count). The van der Waals surface area contributed by atoms with Crippen molar-refractivity contribution in [2.45, 2.75) is 19.3 Å². The SMILES string of the molecule is O=C1NCCC12CCN(c1c(Cl)cncc1-c1ccco1)CC2. The second kappa shape index (κ2) is 5.57. The van der Waals surface area contributed by atoms with E-state index >= 15 is 0 Å². The van der Waals surface area contributed by atoms with Crippen LogP contribution in [0, 0.1) is 5.41 Å². The van der Waals surface area contributed by atoms with Gasteiger partial charge in [0.25, 0.3) is 0 Å². The Hall–Kier alpha value is -2.01. The summed E-state index contributed by atoms with van der Waals surface area (Å²) in [6.45, 7) is 2.42. The molecule has 5 nitrogen and oxygen atoms in total. The molecule has 0 radical (unpaired) electrons. The fourth-order valence-electron chi connectivity index (χ4n) is 3.71. The molecule has 2 saturated heterocycles. The van der Waals surface area contributed by atoms with E-state index in [-0.39, 0.29) is 11.3 Å². The third-order valence-electron chi connectivity index (χ3n) is 5.07. The molecular weight excluding hydrogens is 314 g/mol. The van der Waals surface area contributed by atoms with Crippen molar-refractivity contribution < 1.29 is 9.21 Å². The number of furan rings is 1. The number of hydrogen-bond donors (Lipinski definition) is 1. The fraction of sp³-hybridized carbons (Fsp3) is 0.412. The quantitative estimate of drug-likeness (QED) is 0.918. The molecule has 2 fully saturated rings. The zero-order valence-electron chi connectivity index (χ0n) is 12.7. The highest BCUT2D eigenvalue weighted by Crippen LogP contribution is 2.43. The lowest BCUT2D eigenvalue weighted by Gasteiger charge is -2.39. The largest absolute Gasteiger partial charge is 0.464 e. The lowest BCUT2D eigenvalue weighted by Crippen LogP contribution is -2.44. The van der Waals surface area contributed by atoms with Crippen molar-refractivity contribution in [2.75, 3.05) is 24.5 Å². The molecule has 6 heteroatoms. The van der Waals surface area contributed by atoms with Gasteiger partial charge in [-0.15, -0.1) is 0 Å². The summed E-state index contributed by atoms with van der Waals surface area (Å²) in [6, 6.07) is 3.76. The molecule has 1 amide bonds. The standard InChI is InChI=1S/C17H18ClN3O2/c18-13-11-19-10-12(14-2-1-9-23-14)15(13)21-7-4-17(5-8-21)3-6-20-16(17)22/h1-2,9-11H,3-8H2,(H,20,22). The van der Waals surface area contributed by atoms with Crippen molar-refractivity contribution in [3.05, 3.63) is 35.8 Å². The average molecular weight is 332 g/mol. The van der Waals surface area contributed by atoms with Crippen LogP contribution in [0.25, 0.3) is 11.3 Å². The van der Waals surface area contributed by atoms with Crippen LogP contribution in [0.2, 0.25) is 5.02 Å². The van der Waals surface area contributed by atoms with Crippen LogP contribution in [0.4, 0.5) is 5.69 Å². The monoisotopic (exact) mass is 331 g/mol. The van der Waals surface area contributed by atoms with Crippen LogP contribution in [0.15, 0.2) is 35.2 Å². The maximum atomic E-state index is 12.1. The van der Waals surface area contributed by atoms with Gasteiger partial charge in [-0.1, -0.05) is 11.6 Å². The molecule has 1 N–H and O–H groups in total. The van der Waals surface area contributed by atoms with Gasteiger partial charge in [-0.25, -0.2) is 0 Å². The number of anilines is 1. The van der Waals surface area contributed by atoms with E-state index in [0.29, 0.717) is 5.02 Å². The van der Waals surface area contributed by atoms with Crippen LogP contribution < -0.4 is 10.2 Å². The van der Waals surface area contributed by atoms with Crippen LogP contribution in [0.3, 0.4) is 0 Å². The molecule has 0 saturated carbocycles. The second-order valence-corrected chi connectivity index (χ2v) is 6.68. The number of aromatic nitrogens is 1. The Morgan fingerprint density at radius 2 is 2.09 bits per heavy atom. The third kappa shape index (κ3) is 2.39. The predicted molar refractivity (Wildman–Crippen MR) is 88.5 cm³/mol. The lowest BCUT2D eigenvalue weighted by molar-refractivity contribution is -0.128. The van der Waals surface area contributed by atoms with Gasteiger partial charge >= 0.3 is 0 Å². The first-order chi connectivity index (χ1) is 11.2. The number of carbonyl (C=O) groups is 1. The molecule has 2 aliphatic rings. The molecular formula is C17H18ClN3O2. The van der Waals surface area contributed by atoms with Gasteiger partial charge in [-0.2, -0.15) is 0 Å². The normalized spacial score (nSPS) is 20.0. The predicted octanol–water partition coefficient (Wildman–Crippen LogP) is 3.10. The summed E-state index contributed by atoms with van der Waals surface area (Å²) in [4.78, 5) is 18.6. The van der Waals surface area contributed by atoms with E-state index in [1.165, 1.54) is 0 Å². The number of nitrogens with one attached hydrogen (secondary N) is 1. The molecule has 4 heterocycles. The molecule has 23 heavy (non-hydrogen) atoms. The first kappa shape index (κ1) is 14.6. The molecule has 0 aromatic carbocycles. The Morgan fingerprint density at radius 3 is 2.74 bits per heavy atom. The Kier molecular flexibility index (Phi) is 3.53. The molecule has 120 valence electrons. The average Bonchev–Trinajstić information content (AvgIpc) is 3.20. The highest BCUT2D eigenvalue weighted by Gasteiger charge is 2.44. The summed E-state index contributed by atoms with van der Waals surface area (Å²) in [5.74, 6) is 0.970. The summed E-state index contributed by atoms with van der Waals surface area (Å²) in [7, 11) is 0.